The van der Waals surface area contributed by atoms with E-state index in [1.807, 2.05) is 0 Å². The summed E-state index contributed by atoms with van der Waals surface area (Å²) in [7, 11) is 0. The highest BCUT2D eigenvalue weighted by atomic mass is 16.6. The third kappa shape index (κ3) is 8.58. The Balaban J connectivity index is 1.92. The van der Waals surface area contributed by atoms with E-state index in [1.165, 1.54) is 44.9 Å². The lowest BCUT2D eigenvalue weighted by molar-refractivity contribution is -0.208. The molecule has 1 aliphatic rings. The number of ether oxygens (including phenoxy) is 2. The minimum Gasteiger partial charge on any atom is -0.394 e. The normalized spacial score (nSPS) is 27.8. The van der Waals surface area contributed by atoms with E-state index in [0.29, 0.717) is 6.61 Å². The highest BCUT2D eigenvalue weighted by molar-refractivity contribution is 4.87. The number of aliphatic hydroxyl groups excluding tert-OH is 3. The lowest BCUT2D eigenvalue weighted by Crippen LogP contribution is -2.55. The second-order valence-electron chi connectivity index (χ2n) is 6.63. The summed E-state index contributed by atoms with van der Waals surface area (Å²) < 4.78 is 10.9. The van der Waals surface area contributed by atoms with E-state index in [-0.39, 0.29) is 13.2 Å². The van der Waals surface area contributed by atoms with Gasteiger partial charge in [0, 0.05) is 6.61 Å². The van der Waals surface area contributed by atoms with Gasteiger partial charge in [-0.15, -0.1) is 0 Å². The summed E-state index contributed by atoms with van der Waals surface area (Å²) in [5.74, 6) is 0. The van der Waals surface area contributed by atoms with Crippen LogP contribution in [0.2, 0.25) is 0 Å². The van der Waals surface area contributed by atoms with Gasteiger partial charge in [0.15, 0.2) is 0 Å². The number of hydrogen-bond acceptors (Lipinski definition) is 5. The van der Waals surface area contributed by atoms with Crippen LogP contribution >= 0.6 is 0 Å². The van der Waals surface area contributed by atoms with Crippen molar-refractivity contribution in [3.63, 3.8) is 0 Å². The van der Waals surface area contributed by atoms with Crippen molar-refractivity contribution in [1.29, 1.82) is 0 Å². The first-order valence-electron chi connectivity index (χ1n) is 9.52. The van der Waals surface area contributed by atoms with Crippen molar-refractivity contribution in [3.8, 4) is 0 Å². The average molecular weight is 344 g/mol. The Kier molecular flexibility index (Phi) is 12.4. The molecular formula is C19H36O5. The smallest absolute Gasteiger partial charge is 0.111 e. The SMILES string of the molecule is C/C=C/CCCCCCCCCCO[C@H]1CO[C@H](CO)[C@@H](O)[C@@H]1O. The fraction of sp³-hybridized carbons (Fsp3) is 0.895. The van der Waals surface area contributed by atoms with Gasteiger partial charge in [-0.25, -0.2) is 0 Å². The van der Waals surface area contributed by atoms with E-state index in [2.05, 4.69) is 19.1 Å². The Morgan fingerprint density at radius 2 is 1.58 bits per heavy atom. The van der Waals surface area contributed by atoms with Crippen LogP contribution in [0.4, 0.5) is 0 Å². The van der Waals surface area contributed by atoms with Crippen molar-refractivity contribution >= 4 is 0 Å². The van der Waals surface area contributed by atoms with Crippen LogP contribution in [0.15, 0.2) is 12.2 Å². The minimum atomic E-state index is -1.08. The van der Waals surface area contributed by atoms with Gasteiger partial charge in [-0.1, -0.05) is 50.7 Å². The molecule has 5 heteroatoms. The van der Waals surface area contributed by atoms with Gasteiger partial charge in [-0.2, -0.15) is 0 Å². The summed E-state index contributed by atoms with van der Waals surface area (Å²) in [6.07, 6.45) is 12.1. The van der Waals surface area contributed by atoms with Crippen LogP contribution in [0.1, 0.15) is 64.7 Å². The van der Waals surface area contributed by atoms with Crippen molar-refractivity contribution in [2.45, 2.75) is 89.1 Å². The molecule has 0 saturated carbocycles. The molecule has 0 amide bonds. The second-order valence-corrected chi connectivity index (χ2v) is 6.63. The standard InChI is InChI=1S/C19H36O5/c1-2-3-4-5-6-7-8-9-10-11-12-13-23-17-15-24-16(14-20)18(21)19(17)22/h2-3,16-22H,4-15H2,1H3/b3-2+/t16-,17+,18-,19-/m1/s1. The summed E-state index contributed by atoms with van der Waals surface area (Å²) in [5, 5.41) is 28.7. The monoisotopic (exact) mass is 344 g/mol. The Morgan fingerprint density at radius 1 is 0.958 bits per heavy atom. The zero-order valence-electron chi connectivity index (χ0n) is 15.1. The third-order valence-electron chi connectivity index (χ3n) is 4.60. The predicted octanol–water partition coefficient (Wildman–Crippen LogP) is 2.57. The summed E-state index contributed by atoms with van der Waals surface area (Å²) in [6, 6.07) is 0. The molecule has 0 unspecified atom stereocenters. The van der Waals surface area contributed by atoms with Gasteiger partial charge >= 0.3 is 0 Å². The summed E-state index contributed by atoms with van der Waals surface area (Å²) in [6.45, 7) is 2.57. The van der Waals surface area contributed by atoms with Gasteiger partial charge in [-0.3, -0.25) is 0 Å². The maximum Gasteiger partial charge on any atom is 0.111 e. The zero-order chi connectivity index (χ0) is 17.6. The van der Waals surface area contributed by atoms with Crippen molar-refractivity contribution in [1.82, 2.24) is 0 Å². The molecule has 0 aromatic heterocycles. The molecule has 5 nitrogen and oxygen atoms in total. The van der Waals surface area contributed by atoms with E-state index in [1.54, 1.807) is 0 Å². The van der Waals surface area contributed by atoms with E-state index in [4.69, 9.17) is 14.6 Å². The van der Waals surface area contributed by atoms with Crippen molar-refractivity contribution < 1.29 is 24.8 Å². The van der Waals surface area contributed by atoms with Gasteiger partial charge < -0.3 is 24.8 Å². The van der Waals surface area contributed by atoms with Crippen molar-refractivity contribution in [3.05, 3.63) is 12.2 Å². The summed E-state index contributed by atoms with van der Waals surface area (Å²) in [4.78, 5) is 0. The second kappa shape index (κ2) is 13.8. The molecule has 0 spiro atoms. The molecule has 0 bridgehead atoms. The fourth-order valence-corrected chi connectivity index (χ4v) is 2.99. The van der Waals surface area contributed by atoms with Crippen LogP contribution in [0.5, 0.6) is 0 Å². The number of unbranched alkanes of at least 4 members (excludes halogenated alkanes) is 8. The highest BCUT2D eigenvalue weighted by Gasteiger charge is 2.38. The number of allylic oxidation sites excluding steroid dienone is 2. The Hall–Kier alpha value is -0.460. The minimum absolute atomic E-state index is 0.219. The quantitative estimate of drug-likeness (QED) is 0.353. The first-order chi connectivity index (χ1) is 11.7. The van der Waals surface area contributed by atoms with E-state index >= 15 is 0 Å². The molecule has 1 fully saturated rings. The maximum absolute atomic E-state index is 9.95. The predicted molar refractivity (Wildman–Crippen MR) is 94.9 cm³/mol. The topological polar surface area (TPSA) is 79.2 Å². The lowest BCUT2D eigenvalue weighted by atomic mass is 10.0. The van der Waals surface area contributed by atoms with E-state index in [0.717, 1.165) is 12.8 Å². The molecule has 0 radical (unpaired) electrons. The van der Waals surface area contributed by atoms with Crippen LogP contribution in [0, 0.1) is 0 Å². The van der Waals surface area contributed by atoms with Crippen LogP contribution in [-0.4, -0.2) is 59.6 Å². The highest BCUT2D eigenvalue weighted by Crippen LogP contribution is 2.18. The Labute approximate surface area is 146 Å². The summed E-state index contributed by atoms with van der Waals surface area (Å²) in [5.41, 5.74) is 0. The molecule has 1 aliphatic heterocycles. The average Bonchev–Trinajstić information content (AvgIpc) is 2.59. The Morgan fingerprint density at radius 3 is 2.21 bits per heavy atom. The molecule has 4 atom stereocenters. The number of aliphatic hydroxyl groups is 3. The van der Waals surface area contributed by atoms with Gasteiger partial charge in [0.25, 0.3) is 0 Å². The molecule has 3 N–H and O–H groups in total. The largest absolute Gasteiger partial charge is 0.394 e. The molecule has 0 aromatic carbocycles. The van der Waals surface area contributed by atoms with Gasteiger partial charge in [0.05, 0.1) is 13.2 Å². The van der Waals surface area contributed by atoms with Crippen LogP contribution < -0.4 is 0 Å². The Bertz CT molecular complexity index is 321. The fourth-order valence-electron chi connectivity index (χ4n) is 2.99. The first kappa shape index (κ1) is 21.6. The molecular weight excluding hydrogens is 308 g/mol. The third-order valence-corrected chi connectivity index (χ3v) is 4.60. The van der Waals surface area contributed by atoms with Crippen LogP contribution in [0.25, 0.3) is 0 Å². The molecule has 24 heavy (non-hydrogen) atoms. The first-order valence-corrected chi connectivity index (χ1v) is 9.52. The van der Waals surface area contributed by atoms with Crippen molar-refractivity contribution in [2.75, 3.05) is 19.8 Å². The van der Waals surface area contributed by atoms with Gasteiger partial charge in [0.1, 0.15) is 24.4 Å². The molecule has 0 aliphatic carbocycles. The lowest BCUT2D eigenvalue weighted by Gasteiger charge is -2.36. The number of hydrogen-bond donors (Lipinski definition) is 3. The summed E-state index contributed by atoms with van der Waals surface area (Å²) >= 11 is 0. The van der Waals surface area contributed by atoms with Crippen LogP contribution in [-0.2, 0) is 9.47 Å². The van der Waals surface area contributed by atoms with Gasteiger partial charge in [-0.05, 0) is 26.2 Å². The molecule has 1 rings (SSSR count). The molecule has 142 valence electrons. The van der Waals surface area contributed by atoms with Crippen molar-refractivity contribution in [2.24, 2.45) is 0 Å². The number of rotatable bonds is 13. The van der Waals surface area contributed by atoms with E-state index < -0.39 is 24.4 Å². The van der Waals surface area contributed by atoms with E-state index in [9.17, 15) is 10.2 Å². The van der Waals surface area contributed by atoms with Gasteiger partial charge in [0.2, 0.25) is 0 Å². The van der Waals surface area contributed by atoms with Crippen LogP contribution in [0.3, 0.4) is 0 Å². The maximum atomic E-state index is 9.95. The molecule has 0 aromatic rings. The molecule has 1 saturated heterocycles. The zero-order valence-corrected chi connectivity index (χ0v) is 15.1. The molecule has 1 heterocycles.